The van der Waals surface area contributed by atoms with Gasteiger partial charge in [0.2, 0.25) is 5.91 Å². The van der Waals surface area contributed by atoms with Crippen LogP contribution in [0, 0.1) is 5.92 Å². The Morgan fingerprint density at radius 1 is 1.24 bits per heavy atom. The fourth-order valence-corrected chi connectivity index (χ4v) is 2.18. The van der Waals surface area contributed by atoms with Crippen molar-refractivity contribution >= 4 is 5.91 Å². The number of fused-ring (bicyclic) bond motifs is 1. The third-order valence-corrected chi connectivity index (χ3v) is 2.92. The summed E-state index contributed by atoms with van der Waals surface area (Å²) in [6, 6.07) is 0.618. The number of hydrogen-bond donors (Lipinski definition) is 2. The van der Waals surface area contributed by atoms with Crippen LogP contribution < -0.4 is 11.1 Å². The van der Waals surface area contributed by atoms with Gasteiger partial charge in [-0.15, -0.1) is 0 Å². The van der Waals surface area contributed by atoms with Gasteiger partial charge in [0.15, 0.2) is 0 Å². The first kappa shape index (κ1) is 18.7. The van der Waals surface area contributed by atoms with Gasteiger partial charge in [-0.05, 0) is 33.0 Å². The van der Waals surface area contributed by atoms with Gasteiger partial charge < -0.3 is 16.0 Å². The first-order valence-corrected chi connectivity index (χ1v) is 6.82. The maximum atomic E-state index is 11.0. The minimum atomic E-state index is 0.238. The normalized spacial score (nSPS) is 25.9. The van der Waals surface area contributed by atoms with Crippen molar-refractivity contribution in [3.8, 4) is 0 Å². The molecular formula is C13H31N3O. The first-order chi connectivity index (χ1) is 8.27. The number of nitrogens with two attached hydrogens (primary N) is 1. The van der Waals surface area contributed by atoms with Crippen LogP contribution in [0.3, 0.4) is 0 Å². The Balaban J connectivity index is 0. The van der Waals surface area contributed by atoms with Gasteiger partial charge in [-0.2, -0.15) is 0 Å². The molecule has 0 aromatic heterocycles. The predicted octanol–water partition coefficient (Wildman–Crippen LogP) is 1.45. The highest BCUT2D eigenvalue weighted by Gasteiger charge is 2.36. The SMILES string of the molecule is CC.CC.CN.CN1CCC2CC(=O)NCC21. The van der Waals surface area contributed by atoms with Crippen molar-refractivity contribution in [1.29, 1.82) is 0 Å². The zero-order valence-corrected chi connectivity index (χ0v) is 12.4. The van der Waals surface area contributed by atoms with Crippen LogP contribution in [0.1, 0.15) is 40.5 Å². The molecule has 2 heterocycles. The summed E-state index contributed by atoms with van der Waals surface area (Å²) < 4.78 is 0. The Morgan fingerprint density at radius 3 is 2.29 bits per heavy atom. The lowest BCUT2D eigenvalue weighted by Crippen LogP contribution is -2.47. The molecule has 2 saturated heterocycles. The average molecular weight is 245 g/mol. The van der Waals surface area contributed by atoms with E-state index in [-0.39, 0.29) is 5.91 Å². The molecule has 2 fully saturated rings. The number of likely N-dealkylation sites (tertiary alicyclic amines) is 1. The van der Waals surface area contributed by atoms with E-state index in [4.69, 9.17) is 0 Å². The van der Waals surface area contributed by atoms with E-state index in [1.54, 1.807) is 0 Å². The summed E-state index contributed by atoms with van der Waals surface area (Å²) in [5.74, 6) is 0.871. The molecule has 2 rings (SSSR count). The van der Waals surface area contributed by atoms with Crippen molar-refractivity contribution in [3.63, 3.8) is 0 Å². The Morgan fingerprint density at radius 2 is 1.76 bits per heavy atom. The van der Waals surface area contributed by atoms with Gasteiger partial charge in [-0.1, -0.05) is 27.7 Å². The van der Waals surface area contributed by atoms with Crippen LogP contribution in [-0.4, -0.2) is 44.0 Å². The molecule has 1 amide bonds. The minimum absolute atomic E-state index is 0.238. The highest BCUT2D eigenvalue weighted by atomic mass is 16.1. The molecule has 3 N–H and O–H groups in total. The quantitative estimate of drug-likeness (QED) is 0.679. The first-order valence-electron chi connectivity index (χ1n) is 6.82. The Hall–Kier alpha value is -0.610. The number of carbonyl (C=O) groups is 1. The molecule has 104 valence electrons. The predicted molar refractivity (Wildman–Crippen MR) is 75.0 cm³/mol. The minimum Gasteiger partial charge on any atom is -0.355 e. The lowest BCUT2D eigenvalue weighted by Gasteiger charge is -2.29. The number of piperidine rings is 1. The van der Waals surface area contributed by atoms with Crippen molar-refractivity contribution in [2.75, 3.05) is 27.2 Å². The van der Waals surface area contributed by atoms with Crippen LogP contribution in [-0.2, 0) is 4.79 Å². The zero-order chi connectivity index (χ0) is 13.8. The van der Waals surface area contributed by atoms with Gasteiger partial charge >= 0.3 is 0 Å². The lowest BCUT2D eigenvalue weighted by molar-refractivity contribution is -0.124. The average Bonchev–Trinajstić information content (AvgIpc) is 2.78. The highest BCUT2D eigenvalue weighted by Crippen LogP contribution is 2.27. The molecule has 0 radical (unpaired) electrons. The summed E-state index contributed by atoms with van der Waals surface area (Å²) in [5, 5.41) is 2.90. The second-order valence-corrected chi connectivity index (χ2v) is 3.60. The number of amides is 1. The number of nitrogens with one attached hydrogen (secondary N) is 1. The van der Waals surface area contributed by atoms with E-state index >= 15 is 0 Å². The van der Waals surface area contributed by atoms with Crippen molar-refractivity contribution in [1.82, 2.24) is 10.2 Å². The van der Waals surface area contributed by atoms with Crippen molar-refractivity contribution in [2.24, 2.45) is 11.7 Å². The van der Waals surface area contributed by atoms with E-state index in [1.807, 2.05) is 27.7 Å². The van der Waals surface area contributed by atoms with Crippen LogP contribution in [0.15, 0.2) is 0 Å². The molecule has 0 aliphatic carbocycles. The van der Waals surface area contributed by atoms with Gasteiger partial charge in [0.05, 0.1) is 0 Å². The zero-order valence-electron chi connectivity index (χ0n) is 12.4. The number of hydrogen-bond acceptors (Lipinski definition) is 3. The summed E-state index contributed by atoms with van der Waals surface area (Å²) in [6.07, 6.45) is 1.95. The molecule has 0 bridgehead atoms. The van der Waals surface area contributed by atoms with Crippen LogP contribution in [0.4, 0.5) is 0 Å². The second-order valence-electron chi connectivity index (χ2n) is 3.60. The van der Waals surface area contributed by atoms with Crippen LogP contribution in [0.2, 0.25) is 0 Å². The Kier molecular flexibility index (Phi) is 13.1. The van der Waals surface area contributed by atoms with E-state index in [0.717, 1.165) is 19.5 Å². The van der Waals surface area contributed by atoms with E-state index in [9.17, 15) is 4.79 Å². The molecular weight excluding hydrogens is 214 g/mol. The number of likely N-dealkylation sites (N-methyl/N-ethyl adjacent to an activating group) is 1. The van der Waals surface area contributed by atoms with Crippen molar-refractivity contribution < 1.29 is 4.79 Å². The lowest BCUT2D eigenvalue weighted by atomic mass is 9.93. The van der Waals surface area contributed by atoms with Gasteiger partial charge in [0.1, 0.15) is 0 Å². The standard InChI is InChI=1S/C8H14N2O.2C2H6.CH5N/c1-10-3-2-6-4-8(11)9-5-7(6)10;3*1-2/h6-7H,2-5H2,1H3,(H,9,11);2*1-2H3;2H2,1H3. The summed E-state index contributed by atoms with van der Waals surface area (Å²) in [7, 11) is 3.64. The van der Waals surface area contributed by atoms with E-state index in [1.165, 1.54) is 13.5 Å². The van der Waals surface area contributed by atoms with Gasteiger partial charge in [-0.25, -0.2) is 0 Å². The number of rotatable bonds is 0. The third kappa shape index (κ3) is 6.03. The summed E-state index contributed by atoms with van der Waals surface area (Å²) in [6.45, 7) is 10.0. The van der Waals surface area contributed by atoms with Gasteiger partial charge in [0.25, 0.3) is 0 Å². The monoisotopic (exact) mass is 245 g/mol. The maximum Gasteiger partial charge on any atom is 0.220 e. The molecule has 17 heavy (non-hydrogen) atoms. The van der Waals surface area contributed by atoms with E-state index in [2.05, 4.69) is 23.0 Å². The smallest absolute Gasteiger partial charge is 0.220 e. The molecule has 0 saturated carbocycles. The maximum absolute atomic E-state index is 11.0. The fraction of sp³-hybridized carbons (Fsp3) is 0.923. The van der Waals surface area contributed by atoms with Crippen molar-refractivity contribution in [3.05, 3.63) is 0 Å². The van der Waals surface area contributed by atoms with Crippen LogP contribution in [0.5, 0.6) is 0 Å². The second kappa shape index (κ2) is 11.9. The molecule has 4 heteroatoms. The fourth-order valence-electron chi connectivity index (χ4n) is 2.18. The molecule has 2 aliphatic rings. The van der Waals surface area contributed by atoms with E-state index < -0.39 is 0 Å². The summed E-state index contributed by atoms with van der Waals surface area (Å²) in [4.78, 5) is 13.3. The third-order valence-electron chi connectivity index (χ3n) is 2.92. The number of nitrogens with zero attached hydrogens (tertiary/aromatic N) is 1. The van der Waals surface area contributed by atoms with Crippen LogP contribution >= 0.6 is 0 Å². The number of carbonyl (C=O) groups excluding carboxylic acids is 1. The summed E-state index contributed by atoms with van der Waals surface area (Å²) in [5.41, 5.74) is 4.50. The van der Waals surface area contributed by atoms with Crippen LogP contribution in [0.25, 0.3) is 0 Å². The summed E-state index contributed by atoms with van der Waals surface area (Å²) >= 11 is 0. The molecule has 2 unspecified atom stereocenters. The molecule has 0 aromatic carbocycles. The largest absolute Gasteiger partial charge is 0.355 e. The van der Waals surface area contributed by atoms with Crippen molar-refractivity contribution in [2.45, 2.75) is 46.6 Å². The molecule has 0 spiro atoms. The van der Waals surface area contributed by atoms with Gasteiger partial charge in [-0.3, -0.25) is 4.79 Å². The Bertz CT molecular complexity index is 186. The molecule has 0 aromatic rings. The Labute approximate surface area is 107 Å². The molecule has 2 aliphatic heterocycles. The molecule has 2 atom stereocenters. The highest BCUT2D eigenvalue weighted by molar-refractivity contribution is 5.77. The van der Waals surface area contributed by atoms with Gasteiger partial charge in [0, 0.05) is 19.0 Å². The molecule has 4 nitrogen and oxygen atoms in total. The van der Waals surface area contributed by atoms with E-state index in [0.29, 0.717) is 12.0 Å². The topological polar surface area (TPSA) is 58.4 Å².